The van der Waals surface area contributed by atoms with E-state index in [-0.39, 0.29) is 0 Å². The van der Waals surface area contributed by atoms with Crippen molar-refractivity contribution in [3.05, 3.63) is 24.2 Å². The van der Waals surface area contributed by atoms with Crippen molar-refractivity contribution in [2.24, 2.45) is 0 Å². The third kappa shape index (κ3) is 4.72. The highest BCUT2D eigenvalue weighted by atomic mass is 32.2. The summed E-state index contributed by atoms with van der Waals surface area (Å²) in [5.41, 5.74) is 0. The molecule has 1 rings (SSSR count). The Balaban J connectivity index is 2.06. The van der Waals surface area contributed by atoms with E-state index in [9.17, 15) is 0 Å². The summed E-state index contributed by atoms with van der Waals surface area (Å²) < 4.78 is 5.28. The van der Waals surface area contributed by atoms with Crippen LogP contribution in [0, 0.1) is 0 Å². The first-order valence-electron chi connectivity index (χ1n) is 5.07. The Morgan fingerprint density at radius 1 is 1.57 bits per heavy atom. The third-order valence-electron chi connectivity index (χ3n) is 2.20. The maximum absolute atomic E-state index is 5.28. The van der Waals surface area contributed by atoms with E-state index < -0.39 is 0 Å². The molecule has 0 fully saturated rings. The van der Waals surface area contributed by atoms with E-state index in [0.29, 0.717) is 6.04 Å². The van der Waals surface area contributed by atoms with E-state index in [4.69, 9.17) is 4.42 Å². The summed E-state index contributed by atoms with van der Waals surface area (Å²) >= 11 is 1.88. The Hall–Kier alpha value is -0.410. The Morgan fingerprint density at radius 2 is 2.43 bits per heavy atom. The molecule has 1 atom stereocenters. The molecule has 1 unspecified atom stereocenters. The average molecular weight is 213 g/mol. The zero-order chi connectivity index (χ0) is 10.2. The van der Waals surface area contributed by atoms with Gasteiger partial charge in [0, 0.05) is 24.8 Å². The van der Waals surface area contributed by atoms with Crippen molar-refractivity contribution >= 4 is 11.8 Å². The first-order valence-corrected chi connectivity index (χ1v) is 6.47. The smallest absolute Gasteiger partial charge is 0.103 e. The number of aryl methyl sites for hydroxylation is 1. The molecule has 0 aromatic carbocycles. The monoisotopic (exact) mass is 213 g/mol. The van der Waals surface area contributed by atoms with Crippen molar-refractivity contribution < 1.29 is 4.42 Å². The molecule has 0 aliphatic rings. The lowest BCUT2D eigenvalue weighted by Crippen LogP contribution is -2.28. The molecule has 0 radical (unpaired) electrons. The molecule has 1 heterocycles. The van der Waals surface area contributed by atoms with Gasteiger partial charge in [0.1, 0.15) is 5.76 Å². The summed E-state index contributed by atoms with van der Waals surface area (Å²) in [6, 6.07) is 4.56. The predicted octanol–water partition coefficient (Wildman–Crippen LogP) is 2.55. The molecule has 0 saturated heterocycles. The number of furan rings is 1. The van der Waals surface area contributed by atoms with Gasteiger partial charge in [0.25, 0.3) is 0 Å². The maximum atomic E-state index is 5.28. The van der Waals surface area contributed by atoms with Crippen LogP contribution < -0.4 is 5.32 Å². The minimum absolute atomic E-state index is 0.576. The molecular weight excluding hydrogens is 194 g/mol. The van der Waals surface area contributed by atoms with E-state index in [2.05, 4.69) is 18.5 Å². The Labute approximate surface area is 90.5 Å². The van der Waals surface area contributed by atoms with Gasteiger partial charge in [-0.3, -0.25) is 0 Å². The highest BCUT2D eigenvalue weighted by molar-refractivity contribution is 7.98. The molecule has 0 bridgehead atoms. The number of thioether (sulfide) groups is 1. The molecule has 3 heteroatoms. The number of hydrogen-bond donors (Lipinski definition) is 1. The molecule has 1 aromatic heterocycles. The topological polar surface area (TPSA) is 25.2 Å². The summed E-state index contributed by atoms with van der Waals surface area (Å²) in [5, 5.41) is 3.48. The minimum atomic E-state index is 0.576. The quantitative estimate of drug-likeness (QED) is 0.705. The summed E-state index contributed by atoms with van der Waals surface area (Å²) in [6.45, 7) is 3.32. The van der Waals surface area contributed by atoms with Gasteiger partial charge in [-0.25, -0.2) is 0 Å². The van der Waals surface area contributed by atoms with Crippen LogP contribution in [0.1, 0.15) is 19.1 Å². The lowest BCUT2D eigenvalue weighted by molar-refractivity contribution is 0.466. The second kappa shape index (κ2) is 6.96. The molecule has 1 N–H and O–H groups in total. The van der Waals surface area contributed by atoms with E-state index in [0.717, 1.165) is 25.1 Å². The summed E-state index contributed by atoms with van der Waals surface area (Å²) in [5.74, 6) is 2.27. The predicted molar refractivity (Wildman–Crippen MR) is 62.9 cm³/mol. The van der Waals surface area contributed by atoms with Crippen LogP contribution in [-0.4, -0.2) is 24.6 Å². The van der Waals surface area contributed by atoms with Gasteiger partial charge >= 0.3 is 0 Å². The van der Waals surface area contributed by atoms with Gasteiger partial charge in [0.2, 0.25) is 0 Å². The van der Waals surface area contributed by atoms with Crippen molar-refractivity contribution in [2.75, 3.05) is 18.6 Å². The van der Waals surface area contributed by atoms with Crippen LogP contribution in [-0.2, 0) is 6.42 Å². The molecule has 0 amide bonds. The van der Waals surface area contributed by atoms with Crippen LogP contribution in [0.3, 0.4) is 0 Å². The van der Waals surface area contributed by atoms with Gasteiger partial charge in [0.15, 0.2) is 0 Å². The van der Waals surface area contributed by atoms with E-state index in [1.165, 1.54) is 5.75 Å². The van der Waals surface area contributed by atoms with Gasteiger partial charge in [-0.05, 0) is 31.7 Å². The molecule has 14 heavy (non-hydrogen) atoms. The summed E-state index contributed by atoms with van der Waals surface area (Å²) in [4.78, 5) is 0. The third-order valence-corrected chi connectivity index (χ3v) is 2.82. The molecule has 2 nitrogen and oxygen atoms in total. The van der Waals surface area contributed by atoms with Crippen LogP contribution in [0.15, 0.2) is 22.8 Å². The van der Waals surface area contributed by atoms with Gasteiger partial charge < -0.3 is 9.73 Å². The van der Waals surface area contributed by atoms with Crippen molar-refractivity contribution in [3.63, 3.8) is 0 Å². The number of nitrogens with one attached hydrogen (secondary N) is 1. The summed E-state index contributed by atoms with van der Waals surface area (Å²) in [7, 11) is 0. The fourth-order valence-corrected chi connectivity index (χ4v) is 1.65. The zero-order valence-corrected chi connectivity index (χ0v) is 9.77. The standard InChI is InChI=1S/C11H19NOS/c1-10(12-7-9-14-2)5-6-11-4-3-8-13-11/h3-4,8,10,12H,5-7,9H2,1-2H3. The zero-order valence-electron chi connectivity index (χ0n) is 8.95. The largest absolute Gasteiger partial charge is 0.469 e. The van der Waals surface area contributed by atoms with E-state index >= 15 is 0 Å². The van der Waals surface area contributed by atoms with E-state index in [1.54, 1.807) is 6.26 Å². The van der Waals surface area contributed by atoms with Crippen LogP contribution in [0.5, 0.6) is 0 Å². The second-order valence-electron chi connectivity index (χ2n) is 3.47. The van der Waals surface area contributed by atoms with Gasteiger partial charge in [-0.1, -0.05) is 0 Å². The van der Waals surface area contributed by atoms with Gasteiger partial charge in [0.05, 0.1) is 6.26 Å². The molecule has 80 valence electrons. The Morgan fingerprint density at radius 3 is 3.07 bits per heavy atom. The minimum Gasteiger partial charge on any atom is -0.469 e. The number of rotatable bonds is 7. The first kappa shape index (κ1) is 11.7. The molecule has 0 aliphatic heterocycles. The first-order chi connectivity index (χ1) is 6.83. The Bertz CT molecular complexity index is 223. The fraction of sp³-hybridized carbons (Fsp3) is 0.636. The average Bonchev–Trinajstić information content (AvgIpc) is 2.68. The van der Waals surface area contributed by atoms with Gasteiger partial charge in [-0.2, -0.15) is 11.8 Å². The second-order valence-corrected chi connectivity index (χ2v) is 4.45. The van der Waals surface area contributed by atoms with Crippen molar-refractivity contribution in [1.82, 2.24) is 5.32 Å². The van der Waals surface area contributed by atoms with Crippen molar-refractivity contribution in [3.8, 4) is 0 Å². The highest BCUT2D eigenvalue weighted by Crippen LogP contribution is 2.05. The lowest BCUT2D eigenvalue weighted by Gasteiger charge is -2.11. The Kier molecular flexibility index (Phi) is 5.80. The van der Waals surface area contributed by atoms with Crippen LogP contribution >= 0.6 is 11.8 Å². The van der Waals surface area contributed by atoms with Crippen molar-refractivity contribution in [1.29, 1.82) is 0 Å². The normalized spacial score (nSPS) is 13.0. The van der Waals surface area contributed by atoms with Crippen molar-refractivity contribution in [2.45, 2.75) is 25.8 Å². The maximum Gasteiger partial charge on any atom is 0.103 e. The molecule has 0 aliphatic carbocycles. The SMILES string of the molecule is CSCCNC(C)CCc1ccco1. The van der Waals surface area contributed by atoms with E-state index in [1.807, 2.05) is 23.9 Å². The fourth-order valence-electron chi connectivity index (χ4n) is 1.32. The summed E-state index contributed by atoms with van der Waals surface area (Å²) in [6.07, 6.45) is 6.04. The number of hydrogen-bond acceptors (Lipinski definition) is 3. The molecule has 0 saturated carbocycles. The molecule has 1 aromatic rings. The van der Waals surface area contributed by atoms with Crippen LogP contribution in [0.2, 0.25) is 0 Å². The van der Waals surface area contributed by atoms with Gasteiger partial charge in [-0.15, -0.1) is 0 Å². The lowest BCUT2D eigenvalue weighted by atomic mass is 10.1. The van der Waals surface area contributed by atoms with Crippen LogP contribution in [0.25, 0.3) is 0 Å². The molecular formula is C11H19NOS. The highest BCUT2D eigenvalue weighted by Gasteiger charge is 2.02. The van der Waals surface area contributed by atoms with Crippen LogP contribution in [0.4, 0.5) is 0 Å². The molecule has 0 spiro atoms.